The molecule has 3 rings (SSSR count). The van der Waals surface area contributed by atoms with Crippen molar-refractivity contribution in [2.75, 3.05) is 5.32 Å². The molecule has 1 aromatic heterocycles. The van der Waals surface area contributed by atoms with Gasteiger partial charge in [-0.15, -0.1) is 0 Å². The number of fused-ring (bicyclic) bond motifs is 1. The number of rotatable bonds is 4. The van der Waals surface area contributed by atoms with E-state index in [0.29, 0.717) is 25.8 Å². The minimum Gasteiger partial charge on any atom is -0.483 e. The third-order valence-corrected chi connectivity index (χ3v) is 4.96. The molecule has 130 valence electrons. The molecule has 2 N–H and O–H groups in total. The van der Waals surface area contributed by atoms with Crippen LogP contribution in [0.2, 0.25) is 10.0 Å². The fraction of sp³-hybridized carbons (Fsp3) is 0.125. The maximum atomic E-state index is 14.3. The van der Waals surface area contributed by atoms with Gasteiger partial charge in [0.15, 0.2) is 16.7 Å². The summed E-state index contributed by atoms with van der Waals surface area (Å²) in [6, 6.07) is 7.72. The number of carbonyl (C=O) groups is 1. The number of aromatic nitrogens is 1. The number of thiazole rings is 1. The average Bonchev–Trinajstić information content (AvgIpc) is 2.87. The second-order valence-corrected chi connectivity index (χ2v) is 6.94. The van der Waals surface area contributed by atoms with E-state index in [1.54, 1.807) is 25.1 Å². The summed E-state index contributed by atoms with van der Waals surface area (Å²) in [7, 11) is 0. The molecule has 25 heavy (non-hydrogen) atoms. The third-order valence-electron chi connectivity index (χ3n) is 3.37. The highest BCUT2D eigenvalue weighted by Crippen LogP contribution is 2.36. The summed E-state index contributed by atoms with van der Waals surface area (Å²) >= 11 is 13.4. The van der Waals surface area contributed by atoms with Gasteiger partial charge in [0.1, 0.15) is 6.10 Å². The lowest BCUT2D eigenvalue weighted by atomic mass is 10.1. The van der Waals surface area contributed by atoms with Gasteiger partial charge in [0.05, 0.1) is 10.2 Å². The number of amides is 1. The Morgan fingerprint density at radius 1 is 1.36 bits per heavy atom. The molecule has 2 aromatic carbocycles. The van der Waals surface area contributed by atoms with Crippen molar-refractivity contribution < 1.29 is 19.0 Å². The van der Waals surface area contributed by atoms with Gasteiger partial charge >= 0.3 is 6.09 Å². The first-order valence-corrected chi connectivity index (χ1v) is 8.63. The molecule has 1 unspecified atom stereocenters. The van der Waals surface area contributed by atoms with Crippen LogP contribution in [-0.4, -0.2) is 16.2 Å². The summed E-state index contributed by atoms with van der Waals surface area (Å²) in [6.07, 6.45) is -1.82. The SMILES string of the molecule is CC(Oc1cc2sc(NC(=O)O)nc2cc1F)c1c(Cl)cccc1Cl. The number of hydrogen-bond acceptors (Lipinski definition) is 4. The zero-order valence-corrected chi connectivity index (χ0v) is 15.0. The van der Waals surface area contributed by atoms with Gasteiger partial charge in [0.25, 0.3) is 0 Å². The predicted octanol–water partition coefficient (Wildman–Crippen LogP) is 5.97. The van der Waals surface area contributed by atoms with E-state index in [1.165, 1.54) is 12.1 Å². The molecule has 0 fully saturated rings. The van der Waals surface area contributed by atoms with Crippen molar-refractivity contribution in [3.05, 3.63) is 51.8 Å². The first-order valence-electron chi connectivity index (χ1n) is 7.05. The molecule has 3 aromatic rings. The monoisotopic (exact) mass is 400 g/mol. The number of ether oxygens (including phenoxy) is 1. The predicted molar refractivity (Wildman–Crippen MR) is 96.7 cm³/mol. The number of halogens is 3. The summed E-state index contributed by atoms with van der Waals surface area (Å²) in [6.45, 7) is 1.71. The second kappa shape index (κ2) is 7.03. The van der Waals surface area contributed by atoms with E-state index >= 15 is 0 Å². The van der Waals surface area contributed by atoms with Gasteiger partial charge in [-0.2, -0.15) is 0 Å². The van der Waals surface area contributed by atoms with E-state index in [4.69, 9.17) is 33.0 Å². The first kappa shape index (κ1) is 17.7. The van der Waals surface area contributed by atoms with Crippen LogP contribution in [0.15, 0.2) is 30.3 Å². The van der Waals surface area contributed by atoms with E-state index in [1.807, 2.05) is 0 Å². The number of hydrogen-bond donors (Lipinski definition) is 2. The van der Waals surface area contributed by atoms with Crippen molar-refractivity contribution in [1.29, 1.82) is 0 Å². The van der Waals surface area contributed by atoms with Crippen molar-refractivity contribution >= 4 is 56.0 Å². The van der Waals surface area contributed by atoms with Crippen molar-refractivity contribution in [2.45, 2.75) is 13.0 Å². The molecule has 1 atom stereocenters. The normalized spacial score (nSPS) is 12.2. The van der Waals surface area contributed by atoms with Crippen LogP contribution in [0.5, 0.6) is 5.75 Å². The van der Waals surface area contributed by atoms with Gasteiger partial charge < -0.3 is 9.84 Å². The highest BCUT2D eigenvalue weighted by molar-refractivity contribution is 7.22. The van der Waals surface area contributed by atoms with Crippen LogP contribution in [0.1, 0.15) is 18.6 Å². The van der Waals surface area contributed by atoms with E-state index in [0.717, 1.165) is 11.3 Å². The fourth-order valence-corrected chi connectivity index (χ4v) is 3.88. The Labute approximate surface area is 156 Å². The van der Waals surface area contributed by atoms with Crippen molar-refractivity contribution in [3.8, 4) is 5.75 Å². The van der Waals surface area contributed by atoms with Crippen LogP contribution in [0.4, 0.5) is 14.3 Å². The maximum absolute atomic E-state index is 14.3. The number of carboxylic acid groups (broad SMARTS) is 1. The molecular weight excluding hydrogens is 390 g/mol. The number of nitrogens with one attached hydrogen (secondary N) is 1. The summed E-state index contributed by atoms with van der Waals surface area (Å²) < 4.78 is 20.6. The van der Waals surface area contributed by atoms with Gasteiger partial charge in [-0.1, -0.05) is 40.6 Å². The smallest absolute Gasteiger partial charge is 0.410 e. The number of anilines is 1. The highest BCUT2D eigenvalue weighted by atomic mass is 35.5. The van der Waals surface area contributed by atoms with E-state index in [2.05, 4.69) is 10.3 Å². The molecule has 0 aliphatic heterocycles. The zero-order valence-electron chi connectivity index (χ0n) is 12.7. The molecule has 5 nitrogen and oxygen atoms in total. The van der Waals surface area contributed by atoms with Gasteiger partial charge in [-0.3, -0.25) is 5.32 Å². The molecular formula is C16H11Cl2FN2O3S. The molecule has 1 amide bonds. The lowest BCUT2D eigenvalue weighted by Crippen LogP contribution is -2.06. The van der Waals surface area contributed by atoms with Crippen molar-refractivity contribution in [2.24, 2.45) is 0 Å². The standard InChI is InChI=1S/C16H11Cl2FN2O3S/c1-7(14-8(17)3-2-4-9(14)18)24-12-6-13-11(5-10(12)19)20-15(25-13)21-16(22)23/h2-7H,1H3,(H,20,21)(H,22,23). The second-order valence-electron chi connectivity index (χ2n) is 5.09. The molecule has 0 spiro atoms. The Morgan fingerprint density at radius 2 is 2.04 bits per heavy atom. The fourth-order valence-electron chi connectivity index (χ4n) is 2.31. The summed E-state index contributed by atoms with van der Waals surface area (Å²) in [5.41, 5.74) is 0.893. The van der Waals surface area contributed by atoms with Crippen LogP contribution in [0, 0.1) is 5.82 Å². The Hall–Kier alpha value is -2.09. The molecule has 9 heteroatoms. The average molecular weight is 401 g/mol. The van der Waals surface area contributed by atoms with Crippen LogP contribution in [0.3, 0.4) is 0 Å². The first-order chi connectivity index (χ1) is 11.8. The third kappa shape index (κ3) is 3.78. The molecule has 0 bridgehead atoms. The number of benzene rings is 2. The molecule has 0 saturated carbocycles. The molecule has 0 radical (unpaired) electrons. The molecule has 1 heterocycles. The Kier molecular flexibility index (Phi) is 4.99. The summed E-state index contributed by atoms with van der Waals surface area (Å²) in [4.78, 5) is 14.7. The van der Waals surface area contributed by atoms with Crippen LogP contribution in [-0.2, 0) is 0 Å². The largest absolute Gasteiger partial charge is 0.483 e. The van der Waals surface area contributed by atoms with Crippen LogP contribution >= 0.6 is 34.5 Å². The topological polar surface area (TPSA) is 71.5 Å². The summed E-state index contributed by atoms with van der Waals surface area (Å²) in [5, 5.41) is 11.9. The van der Waals surface area contributed by atoms with Crippen molar-refractivity contribution in [1.82, 2.24) is 4.98 Å². The van der Waals surface area contributed by atoms with E-state index < -0.39 is 18.0 Å². The Morgan fingerprint density at radius 3 is 2.68 bits per heavy atom. The molecule has 0 aliphatic carbocycles. The van der Waals surface area contributed by atoms with Gasteiger partial charge in [0, 0.05) is 27.7 Å². The van der Waals surface area contributed by atoms with Crippen LogP contribution < -0.4 is 10.1 Å². The lowest BCUT2D eigenvalue weighted by molar-refractivity contribution is 0.209. The van der Waals surface area contributed by atoms with Crippen LogP contribution in [0.25, 0.3) is 10.2 Å². The minimum absolute atomic E-state index is 0.00140. The van der Waals surface area contributed by atoms with Gasteiger partial charge in [-0.25, -0.2) is 14.2 Å². The Balaban J connectivity index is 1.93. The quantitative estimate of drug-likeness (QED) is 0.565. The zero-order chi connectivity index (χ0) is 18.1. The Bertz CT molecular complexity index is 944. The number of nitrogens with zero attached hydrogens (tertiary/aromatic N) is 1. The highest BCUT2D eigenvalue weighted by Gasteiger charge is 2.18. The van der Waals surface area contributed by atoms with Crippen molar-refractivity contribution in [3.63, 3.8) is 0 Å². The minimum atomic E-state index is -1.24. The van der Waals surface area contributed by atoms with Gasteiger partial charge in [-0.05, 0) is 19.1 Å². The molecule has 0 aliphatic rings. The molecule has 0 saturated heterocycles. The maximum Gasteiger partial charge on any atom is 0.410 e. The lowest BCUT2D eigenvalue weighted by Gasteiger charge is -2.18. The van der Waals surface area contributed by atoms with E-state index in [9.17, 15) is 9.18 Å². The van der Waals surface area contributed by atoms with Gasteiger partial charge in [0.2, 0.25) is 0 Å². The summed E-state index contributed by atoms with van der Waals surface area (Å²) in [5.74, 6) is -0.615. The van der Waals surface area contributed by atoms with E-state index in [-0.39, 0.29) is 10.9 Å².